The van der Waals surface area contributed by atoms with Crippen LogP contribution in [-0.2, 0) is 16.3 Å². The maximum absolute atomic E-state index is 12.4. The Labute approximate surface area is 180 Å². The Hall–Kier alpha value is -1.60. The third-order valence-electron chi connectivity index (χ3n) is 7.26. The molecule has 2 atom stereocenters. The molecule has 2 amide bonds. The van der Waals surface area contributed by atoms with Gasteiger partial charge in [0.2, 0.25) is 0 Å². The van der Waals surface area contributed by atoms with Gasteiger partial charge in [-0.05, 0) is 87.6 Å². The van der Waals surface area contributed by atoms with Gasteiger partial charge in [0, 0.05) is 18.8 Å². The van der Waals surface area contributed by atoms with E-state index in [1.807, 2.05) is 12.1 Å². The van der Waals surface area contributed by atoms with Crippen LogP contribution in [-0.4, -0.2) is 56.0 Å². The van der Waals surface area contributed by atoms with E-state index in [4.69, 9.17) is 0 Å². The number of hydrogen-bond acceptors (Lipinski definition) is 4. The topological polar surface area (TPSA) is 78.5 Å². The Kier molecular flexibility index (Phi) is 6.68. The highest BCUT2D eigenvalue weighted by Crippen LogP contribution is 2.40. The van der Waals surface area contributed by atoms with Gasteiger partial charge in [0.15, 0.2) is 9.84 Å². The van der Waals surface area contributed by atoms with Crippen LogP contribution in [0.1, 0.15) is 51.0 Å². The molecule has 6 nitrogen and oxygen atoms in total. The van der Waals surface area contributed by atoms with Crippen LogP contribution in [0.4, 0.5) is 10.5 Å². The van der Waals surface area contributed by atoms with Gasteiger partial charge in [0.25, 0.3) is 0 Å². The molecule has 3 aliphatic rings. The van der Waals surface area contributed by atoms with Crippen LogP contribution in [0.15, 0.2) is 24.3 Å². The summed E-state index contributed by atoms with van der Waals surface area (Å²) in [6.07, 6.45) is 6.52. The third-order valence-corrected chi connectivity index (χ3v) is 9.98. The molecule has 2 N–H and O–H groups in total. The molecule has 1 aromatic rings. The first kappa shape index (κ1) is 21.6. The predicted octanol–water partition coefficient (Wildman–Crippen LogP) is 3.44. The lowest BCUT2D eigenvalue weighted by atomic mass is 9.99. The third kappa shape index (κ3) is 5.17. The van der Waals surface area contributed by atoms with Crippen LogP contribution in [0.2, 0.25) is 0 Å². The molecule has 0 radical (unpaired) electrons. The lowest BCUT2D eigenvalue weighted by Crippen LogP contribution is -2.39. The molecule has 0 spiro atoms. The highest BCUT2D eigenvalue weighted by atomic mass is 32.2. The first-order valence-electron chi connectivity index (χ1n) is 11.5. The number of urea groups is 1. The van der Waals surface area contributed by atoms with Gasteiger partial charge in [-0.15, -0.1) is 0 Å². The smallest absolute Gasteiger partial charge is 0.319 e. The molecule has 1 aromatic carbocycles. The van der Waals surface area contributed by atoms with Gasteiger partial charge < -0.3 is 15.5 Å². The molecular weight excluding hydrogens is 398 g/mol. The molecule has 3 heterocycles. The Balaban J connectivity index is 1.21. The number of likely N-dealkylation sites (tertiary alicyclic amines) is 1. The number of piperidine rings is 1. The van der Waals surface area contributed by atoms with E-state index in [-0.39, 0.29) is 22.4 Å². The van der Waals surface area contributed by atoms with Gasteiger partial charge in [-0.25, -0.2) is 13.2 Å². The second-order valence-corrected chi connectivity index (χ2v) is 12.1. The van der Waals surface area contributed by atoms with Crippen molar-refractivity contribution in [2.45, 2.75) is 62.4 Å². The van der Waals surface area contributed by atoms with Crippen molar-refractivity contribution in [1.29, 1.82) is 0 Å². The van der Waals surface area contributed by atoms with E-state index in [1.54, 1.807) is 0 Å². The fourth-order valence-electron chi connectivity index (χ4n) is 5.27. The van der Waals surface area contributed by atoms with Crippen molar-refractivity contribution < 1.29 is 13.2 Å². The number of benzene rings is 1. The number of fused-ring (bicyclic) bond motifs is 2. The Morgan fingerprint density at radius 1 is 1.10 bits per heavy atom. The first-order chi connectivity index (χ1) is 14.4. The summed E-state index contributed by atoms with van der Waals surface area (Å²) in [6.45, 7) is 6.31. The largest absolute Gasteiger partial charge is 0.338 e. The van der Waals surface area contributed by atoms with Crippen LogP contribution >= 0.6 is 0 Å². The molecule has 2 unspecified atom stereocenters. The fourth-order valence-corrected chi connectivity index (χ4v) is 7.83. The van der Waals surface area contributed by atoms with E-state index >= 15 is 0 Å². The number of hydrogen-bond donors (Lipinski definition) is 2. The van der Waals surface area contributed by atoms with Crippen LogP contribution in [0, 0.1) is 11.8 Å². The van der Waals surface area contributed by atoms with E-state index in [0.717, 1.165) is 37.4 Å². The molecule has 0 aromatic heterocycles. The summed E-state index contributed by atoms with van der Waals surface area (Å²) < 4.78 is 24.4. The van der Waals surface area contributed by atoms with Gasteiger partial charge in [-0.2, -0.15) is 0 Å². The summed E-state index contributed by atoms with van der Waals surface area (Å²) in [5, 5.41) is 5.51. The van der Waals surface area contributed by atoms with E-state index in [9.17, 15) is 13.2 Å². The minimum atomic E-state index is -2.90. The number of rotatable bonds is 6. The number of sulfone groups is 1. The summed E-state index contributed by atoms with van der Waals surface area (Å²) >= 11 is 0. The minimum absolute atomic E-state index is 0.189. The van der Waals surface area contributed by atoms with E-state index < -0.39 is 9.84 Å². The Morgan fingerprint density at radius 3 is 2.50 bits per heavy atom. The number of amides is 2. The van der Waals surface area contributed by atoms with Gasteiger partial charge in [0.05, 0.1) is 10.5 Å². The van der Waals surface area contributed by atoms with Crippen molar-refractivity contribution in [2.75, 3.05) is 31.5 Å². The molecule has 7 heteroatoms. The summed E-state index contributed by atoms with van der Waals surface area (Å²) in [7, 11) is -2.90. The van der Waals surface area contributed by atoms with Crippen molar-refractivity contribution >= 4 is 21.6 Å². The van der Waals surface area contributed by atoms with Crippen molar-refractivity contribution in [2.24, 2.45) is 11.8 Å². The predicted molar refractivity (Wildman–Crippen MR) is 120 cm³/mol. The number of nitrogens with zero attached hydrogens (tertiary/aromatic N) is 1. The van der Waals surface area contributed by atoms with E-state index in [1.165, 1.54) is 31.5 Å². The zero-order valence-electron chi connectivity index (χ0n) is 18.0. The molecule has 0 saturated carbocycles. The molecule has 3 saturated heterocycles. The normalized spacial score (nSPS) is 28.9. The summed E-state index contributed by atoms with van der Waals surface area (Å²) in [5.74, 6) is 1.11. The summed E-state index contributed by atoms with van der Waals surface area (Å²) in [6, 6.07) is 7.87. The van der Waals surface area contributed by atoms with Crippen LogP contribution in [0.25, 0.3) is 0 Å². The maximum Gasteiger partial charge on any atom is 0.319 e. The van der Waals surface area contributed by atoms with Crippen molar-refractivity contribution in [3.8, 4) is 0 Å². The summed E-state index contributed by atoms with van der Waals surface area (Å²) in [4.78, 5) is 14.9. The lowest BCUT2D eigenvalue weighted by Gasteiger charge is -2.30. The molecule has 3 fully saturated rings. The van der Waals surface area contributed by atoms with E-state index in [0.29, 0.717) is 19.4 Å². The van der Waals surface area contributed by atoms with Crippen LogP contribution in [0.3, 0.4) is 0 Å². The summed E-state index contributed by atoms with van der Waals surface area (Å²) in [5.41, 5.74) is 2.05. The molecule has 30 heavy (non-hydrogen) atoms. The van der Waals surface area contributed by atoms with Crippen molar-refractivity contribution in [3.05, 3.63) is 29.8 Å². The average Bonchev–Trinajstić information content (AvgIpc) is 2.89. The van der Waals surface area contributed by atoms with Gasteiger partial charge in [-0.3, -0.25) is 0 Å². The monoisotopic (exact) mass is 433 g/mol. The van der Waals surface area contributed by atoms with Crippen LogP contribution in [0.5, 0.6) is 0 Å². The molecule has 4 rings (SSSR count). The lowest BCUT2D eigenvalue weighted by molar-refractivity contribution is 0.194. The van der Waals surface area contributed by atoms with Crippen LogP contribution < -0.4 is 10.6 Å². The number of nitrogens with one attached hydrogen (secondary N) is 2. The zero-order valence-corrected chi connectivity index (χ0v) is 18.8. The molecule has 3 aliphatic heterocycles. The second-order valence-electron chi connectivity index (χ2n) is 9.56. The quantitative estimate of drug-likeness (QED) is 0.720. The Bertz CT molecular complexity index is 829. The average molecular weight is 434 g/mol. The first-order valence-corrected chi connectivity index (χ1v) is 13.1. The van der Waals surface area contributed by atoms with Gasteiger partial charge >= 0.3 is 6.03 Å². The number of carbonyl (C=O) groups is 1. The number of anilines is 1. The highest BCUT2D eigenvalue weighted by Gasteiger charge is 2.46. The number of carbonyl (C=O) groups excluding carboxylic acids is 1. The minimum Gasteiger partial charge on any atom is -0.338 e. The molecule has 2 bridgehead atoms. The molecule has 166 valence electrons. The van der Waals surface area contributed by atoms with Gasteiger partial charge in [0.1, 0.15) is 0 Å². The standard InChI is InChI=1S/C23H35N3O3S/c1-17-7-10-26(11-8-17)12-9-18-3-2-4-20(13-18)25-23(27)24-16-19-14-21-5-6-22(15-19)30(21,28)29/h2-4,13,17,19,21-22H,5-12,14-16H2,1H3,(H2,24,25,27). The zero-order chi connectivity index (χ0) is 21.1. The molecule has 0 aliphatic carbocycles. The fraction of sp³-hybridized carbons (Fsp3) is 0.696. The highest BCUT2D eigenvalue weighted by molar-refractivity contribution is 7.93. The van der Waals surface area contributed by atoms with E-state index in [2.05, 4.69) is 34.6 Å². The SMILES string of the molecule is CC1CCN(CCc2cccc(NC(=O)NCC3CC4CCC(C3)S4(=O)=O)c2)CC1. The van der Waals surface area contributed by atoms with Crippen molar-refractivity contribution in [1.82, 2.24) is 10.2 Å². The maximum atomic E-state index is 12.4. The molecular formula is C23H35N3O3S. The van der Waals surface area contributed by atoms with Crippen molar-refractivity contribution in [3.63, 3.8) is 0 Å². The second kappa shape index (κ2) is 9.27. The Morgan fingerprint density at radius 2 is 1.80 bits per heavy atom. The van der Waals surface area contributed by atoms with Gasteiger partial charge in [-0.1, -0.05) is 19.1 Å².